The number of hydrogen-bond donors (Lipinski definition) is 1. The minimum absolute atomic E-state index is 0.245. The van der Waals surface area contributed by atoms with E-state index < -0.39 is 0 Å². The number of rotatable bonds is 5. The maximum atomic E-state index is 9.21. The van der Waals surface area contributed by atoms with Gasteiger partial charge in [0, 0.05) is 22.6 Å². The molecule has 1 aromatic carbocycles. The quantitative estimate of drug-likeness (QED) is 0.902. The zero-order chi connectivity index (χ0) is 12.1. The van der Waals surface area contributed by atoms with Crippen LogP contribution in [0.25, 0.3) is 0 Å². The molecule has 0 radical (unpaired) electrons. The molecule has 0 fully saturated rings. The van der Waals surface area contributed by atoms with Gasteiger partial charge in [-0.2, -0.15) is 0 Å². The lowest BCUT2D eigenvalue weighted by Gasteiger charge is -2.18. The van der Waals surface area contributed by atoms with Crippen molar-refractivity contribution in [3.63, 3.8) is 0 Å². The van der Waals surface area contributed by atoms with Crippen molar-refractivity contribution in [1.82, 2.24) is 4.90 Å². The summed E-state index contributed by atoms with van der Waals surface area (Å²) in [7, 11) is 2.04. The third kappa shape index (κ3) is 4.83. The fourth-order valence-corrected chi connectivity index (χ4v) is 2.01. The second kappa shape index (κ2) is 6.60. The number of aliphatic hydroxyl groups excluding tert-OH is 1. The molecule has 1 rings (SSSR count). The molecule has 4 heteroatoms. The van der Waals surface area contributed by atoms with E-state index in [4.69, 9.17) is 11.6 Å². The van der Waals surface area contributed by atoms with Crippen LogP contribution in [-0.4, -0.2) is 29.7 Å². The van der Waals surface area contributed by atoms with E-state index in [1.807, 2.05) is 32.2 Å². The van der Waals surface area contributed by atoms with E-state index in [2.05, 4.69) is 20.8 Å². The summed E-state index contributed by atoms with van der Waals surface area (Å²) in [5.41, 5.74) is 1.17. The monoisotopic (exact) mass is 305 g/mol. The normalized spacial score (nSPS) is 13.1. The van der Waals surface area contributed by atoms with Gasteiger partial charge in [0.25, 0.3) is 0 Å². The molecule has 1 aromatic rings. The van der Waals surface area contributed by atoms with Crippen molar-refractivity contribution < 1.29 is 5.11 Å². The average molecular weight is 307 g/mol. The number of hydrogen-bond acceptors (Lipinski definition) is 2. The molecule has 1 N–H and O–H groups in total. The summed E-state index contributed by atoms with van der Waals surface area (Å²) in [5.74, 6) is 0. The second-order valence-electron chi connectivity index (χ2n) is 4.11. The smallest absolute Gasteiger partial charge is 0.0524 e. The molecule has 0 aliphatic carbocycles. The Balaban J connectivity index is 2.55. The minimum Gasteiger partial charge on any atom is -0.393 e. The summed E-state index contributed by atoms with van der Waals surface area (Å²) in [6.07, 6.45) is 0.541. The predicted molar refractivity (Wildman–Crippen MR) is 71.8 cm³/mol. The summed E-state index contributed by atoms with van der Waals surface area (Å²) in [5, 5.41) is 9.96. The summed E-state index contributed by atoms with van der Waals surface area (Å²) < 4.78 is 1.07. The SMILES string of the molecule is CC(O)CCN(C)Cc1cc(Cl)ccc1Br. The molecule has 0 spiro atoms. The highest BCUT2D eigenvalue weighted by Crippen LogP contribution is 2.22. The Morgan fingerprint density at radius 3 is 2.81 bits per heavy atom. The van der Waals surface area contributed by atoms with Crippen LogP contribution in [-0.2, 0) is 6.54 Å². The van der Waals surface area contributed by atoms with Crippen molar-refractivity contribution in [2.24, 2.45) is 0 Å². The summed E-state index contributed by atoms with van der Waals surface area (Å²) >= 11 is 9.45. The average Bonchev–Trinajstić information content (AvgIpc) is 2.20. The Kier molecular flexibility index (Phi) is 5.76. The first-order chi connectivity index (χ1) is 7.49. The fourth-order valence-electron chi connectivity index (χ4n) is 1.44. The Morgan fingerprint density at radius 2 is 2.19 bits per heavy atom. The van der Waals surface area contributed by atoms with E-state index in [1.165, 1.54) is 5.56 Å². The standard InChI is InChI=1S/C12H17BrClNO/c1-9(16)5-6-15(2)8-10-7-11(14)3-4-12(10)13/h3-4,7,9,16H,5-6,8H2,1-2H3. The van der Waals surface area contributed by atoms with E-state index in [-0.39, 0.29) is 6.10 Å². The third-order valence-corrected chi connectivity index (χ3v) is 3.39. The van der Waals surface area contributed by atoms with E-state index >= 15 is 0 Å². The van der Waals surface area contributed by atoms with Gasteiger partial charge in [-0.3, -0.25) is 0 Å². The molecule has 0 aromatic heterocycles. The van der Waals surface area contributed by atoms with Gasteiger partial charge in [-0.05, 0) is 44.2 Å². The lowest BCUT2D eigenvalue weighted by Crippen LogP contribution is -2.22. The maximum absolute atomic E-state index is 9.21. The Hall–Kier alpha value is -0.0900. The second-order valence-corrected chi connectivity index (χ2v) is 5.40. The molecule has 0 amide bonds. The minimum atomic E-state index is -0.245. The molecule has 1 unspecified atom stereocenters. The molecule has 0 aliphatic heterocycles. The van der Waals surface area contributed by atoms with Gasteiger partial charge in [0.2, 0.25) is 0 Å². The van der Waals surface area contributed by atoms with Crippen LogP contribution >= 0.6 is 27.5 Å². The highest BCUT2D eigenvalue weighted by atomic mass is 79.9. The molecule has 0 saturated heterocycles. The molecule has 0 heterocycles. The van der Waals surface area contributed by atoms with Crippen molar-refractivity contribution in [1.29, 1.82) is 0 Å². The Labute approximate surface area is 110 Å². The van der Waals surface area contributed by atoms with Crippen LogP contribution in [0.1, 0.15) is 18.9 Å². The molecule has 0 bridgehead atoms. The predicted octanol–water partition coefficient (Wildman–Crippen LogP) is 3.31. The fraction of sp³-hybridized carbons (Fsp3) is 0.500. The third-order valence-electron chi connectivity index (χ3n) is 2.38. The lowest BCUT2D eigenvalue weighted by atomic mass is 10.2. The van der Waals surface area contributed by atoms with Crippen LogP contribution in [0.15, 0.2) is 22.7 Å². The van der Waals surface area contributed by atoms with Crippen LogP contribution < -0.4 is 0 Å². The molecular formula is C12H17BrClNO. The first-order valence-electron chi connectivity index (χ1n) is 5.29. The summed E-state index contributed by atoms with van der Waals surface area (Å²) in [6, 6.07) is 5.79. The molecule has 90 valence electrons. The lowest BCUT2D eigenvalue weighted by molar-refractivity contribution is 0.163. The zero-order valence-corrected chi connectivity index (χ0v) is 11.9. The molecule has 0 saturated carbocycles. The van der Waals surface area contributed by atoms with Gasteiger partial charge in [0.1, 0.15) is 0 Å². The van der Waals surface area contributed by atoms with Crippen LogP contribution in [0.2, 0.25) is 5.02 Å². The number of halogens is 2. The number of benzene rings is 1. The molecular weight excluding hydrogens is 289 g/mol. The number of nitrogens with zero attached hydrogens (tertiary/aromatic N) is 1. The van der Waals surface area contributed by atoms with E-state index in [9.17, 15) is 5.11 Å². The first kappa shape index (κ1) is 14.0. The van der Waals surface area contributed by atoms with Crippen molar-refractivity contribution in [2.45, 2.75) is 26.0 Å². The van der Waals surface area contributed by atoms with Gasteiger partial charge in [0.05, 0.1) is 6.10 Å². The van der Waals surface area contributed by atoms with Crippen molar-refractivity contribution in [2.75, 3.05) is 13.6 Å². The Bertz CT molecular complexity index is 344. The Morgan fingerprint density at radius 1 is 1.50 bits per heavy atom. The number of aliphatic hydroxyl groups is 1. The molecule has 2 nitrogen and oxygen atoms in total. The van der Waals surface area contributed by atoms with Crippen molar-refractivity contribution in [3.05, 3.63) is 33.3 Å². The van der Waals surface area contributed by atoms with Crippen LogP contribution in [0.4, 0.5) is 0 Å². The summed E-state index contributed by atoms with van der Waals surface area (Å²) in [6.45, 7) is 3.51. The maximum Gasteiger partial charge on any atom is 0.0524 e. The van der Waals surface area contributed by atoms with Gasteiger partial charge < -0.3 is 10.0 Å². The van der Waals surface area contributed by atoms with Gasteiger partial charge in [-0.25, -0.2) is 0 Å². The van der Waals surface area contributed by atoms with Crippen LogP contribution in [0.5, 0.6) is 0 Å². The van der Waals surface area contributed by atoms with Crippen molar-refractivity contribution >= 4 is 27.5 Å². The van der Waals surface area contributed by atoms with Crippen molar-refractivity contribution in [3.8, 4) is 0 Å². The zero-order valence-electron chi connectivity index (χ0n) is 9.58. The molecule has 16 heavy (non-hydrogen) atoms. The van der Waals surface area contributed by atoms with Crippen LogP contribution in [0, 0.1) is 0 Å². The largest absolute Gasteiger partial charge is 0.393 e. The summed E-state index contributed by atoms with van der Waals surface area (Å²) in [4.78, 5) is 2.17. The molecule has 1 atom stereocenters. The van der Waals surface area contributed by atoms with Gasteiger partial charge >= 0.3 is 0 Å². The van der Waals surface area contributed by atoms with Gasteiger partial charge in [-0.1, -0.05) is 27.5 Å². The topological polar surface area (TPSA) is 23.5 Å². The van der Waals surface area contributed by atoms with E-state index in [1.54, 1.807) is 0 Å². The van der Waals surface area contributed by atoms with Gasteiger partial charge in [-0.15, -0.1) is 0 Å². The van der Waals surface area contributed by atoms with E-state index in [0.717, 1.165) is 29.0 Å². The van der Waals surface area contributed by atoms with Gasteiger partial charge in [0.15, 0.2) is 0 Å². The molecule has 0 aliphatic rings. The van der Waals surface area contributed by atoms with E-state index in [0.29, 0.717) is 0 Å². The van der Waals surface area contributed by atoms with Crippen LogP contribution in [0.3, 0.4) is 0 Å². The first-order valence-corrected chi connectivity index (χ1v) is 6.46. The highest BCUT2D eigenvalue weighted by Gasteiger charge is 2.06. The highest BCUT2D eigenvalue weighted by molar-refractivity contribution is 9.10.